The Kier molecular flexibility index (Phi) is 5.43. The Balaban J connectivity index is 2.88. The Morgan fingerprint density at radius 2 is 2.21 bits per heavy atom. The zero-order valence-electron chi connectivity index (χ0n) is 10.5. The highest BCUT2D eigenvalue weighted by atomic mass is 79.9. The minimum absolute atomic E-state index is 0.197. The predicted octanol–water partition coefficient (Wildman–Crippen LogP) is 1.44. The van der Waals surface area contributed by atoms with E-state index in [9.17, 15) is 14.9 Å². The van der Waals surface area contributed by atoms with Gasteiger partial charge in [0, 0.05) is 26.8 Å². The third kappa shape index (κ3) is 4.66. The normalized spacial score (nSPS) is 11.0. The molecule has 0 saturated heterocycles. The van der Waals surface area contributed by atoms with Crippen molar-refractivity contribution < 1.29 is 9.72 Å². The molecular weight excluding hydrogens is 316 g/mol. The maximum absolute atomic E-state index is 10.7. The van der Waals surface area contributed by atoms with E-state index < -0.39 is 4.92 Å². The number of hydrogen-bond donors (Lipinski definition) is 0. The molecule has 1 heterocycles. The van der Waals surface area contributed by atoms with Crippen molar-refractivity contribution in [2.45, 2.75) is 6.54 Å². The number of carbonyl (C=O) groups excluding carboxylic acids is 1. The van der Waals surface area contributed by atoms with Crippen LogP contribution in [0, 0.1) is 10.1 Å². The lowest BCUT2D eigenvalue weighted by Gasteiger charge is -2.24. The smallest absolute Gasteiger partial charge is 0.274 e. The first kappa shape index (κ1) is 15.1. The van der Waals surface area contributed by atoms with Crippen LogP contribution in [0.2, 0.25) is 0 Å². The van der Waals surface area contributed by atoms with Crippen LogP contribution < -0.4 is 0 Å². The summed E-state index contributed by atoms with van der Waals surface area (Å²) in [4.78, 5) is 27.5. The summed E-state index contributed by atoms with van der Waals surface area (Å²) in [6.07, 6.45) is 2.97. The molecule has 1 aromatic rings. The van der Waals surface area contributed by atoms with Gasteiger partial charge in [-0.2, -0.15) is 0 Å². The second-order valence-corrected chi connectivity index (χ2v) is 4.65. The monoisotopic (exact) mass is 328 g/mol. The Hall–Kier alpha value is -1.96. The fourth-order valence-corrected chi connectivity index (χ4v) is 1.70. The van der Waals surface area contributed by atoms with Crippen LogP contribution in [0.3, 0.4) is 0 Å². The number of nitro groups is 1. The van der Waals surface area contributed by atoms with Gasteiger partial charge >= 0.3 is 0 Å². The number of pyridine rings is 1. The van der Waals surface area contributed by atoms with E-state index in [4.69, 9.17) is 0 Å². The van der Waals surface area contributed by atoms with Gasteiger partial charge in [0.1, 0.15) is 4.60 Å². The van der Waals surface area contributed by atoms with Gasteiger partial charge in [0.15, 0.2) is 5.82 Å². The minimum Gasteiger partial charge on any atom is -0.351 e. The minimum atomic E-state index is -0.592. The van der Waals surface area contributed by atoms with Crippen molar-refractivity contribution in [3.63, 3.8) is 0 Å². The molecule has 0 aromatic carbocycles. The highest BCUT2D eigenvalue weighted by molar-refractivity contribution is 9.10. The third-order valence-corrected chi connectivity index (χ3v) is 2.81. The highest BCUT2D eigenvalue weighted by Crippen LogP contribution is 2.12. The van der Waals surface area contributed by atoms with Crippen LogP contribution in [0.4, 0.5) is 0 Å². The first-order valence-corrected chi connectivity index (χ1v) is 6.08. The van der Waals surface area contributed by atoms with Crippen LogP contribution in [-0.4, -0.2) is 40.2 Å². The van der Waals surface area contributed by atoms with Gasteiger partial charge in [-0.25, -0.2) is 4.98 Å². The first-order valence-electron chi connectivity index (χ1n) is 5.29. The van der Waals surface area contributed by atoms with E-state index in [0.29, 0.717) is 17.6 Å². The molecule has 0 unspecified atom stereocenters. The molecular formula is C11H13BrN4O3. The molecule has 0 spiro atoms. The van der Waals surface area contributed by atoms with Gasteiger partial charge in [-0.1, -0.05) is 6.07 Å². The molecule has 0 radical (unpaired) electrons. The molecule has 102 valence electrons. The van der Waals surface area contributed by atoms with Gasteiger partial charge in [0.25, 0.3) is 6.20 Å². The van der Waals surface area contributed by atoms with Gasteiger partial charge < -0.3 is 4.90 Å². The highest BCUT2D eigenvalue weighted by Gasteiger charge is 2.14. The van der Waals surface area contributed by atoms with E-state index in [1.54, 1.807) is 24.2 Å². The fourth-order valence-electron chi connectivity index (χ4n) is 1.46. The van der Waals surface area contributed by atoms with Crippen LogP contribution >= 0.6 is 15.9 Å². The molecule has 0 aliphatic heterocycles. The second kappa shape index (κ2) is 6.83. The molecule has 0 bridgehead atoms. The molecule has 0 aliphatic carbocycles. The van der Waals surface area contributed by atoms with E-state index in [2.05, 4.69) is 20.9 Å². The molecule has 7 nitrogen and oxygen atoms in total. The Bertz CT molecular complexity index is 489. The summed E-state index contributed by atoms with van der Waals surface area (Å²) in [6, 6.07) is 3.63. The topological polar surface area (TPSA) is 79.6 Å². The molecule has 0 aliphatic rings. The number of carbonyl (C=O) groups is 1. The third-order valence-electron chi connectivity index (χ3n) is 2.34. The van der Waals surface area contributed by atoms with Crippen LogP contribution in [0.1, 0.15) is 5.56 Å². The van der Waals surface area contributed by atoms with Crippen LogP contribution in [-0.2, 0) is 11.3 Å². The largest absolute Gasteiger partial charge is 0.351 e. The van der Waals surface area contributed by atoms with Crippen molar-refractivity contribution in [1.29, 1.82) is 0 Å². The Morgan fingerprint density at radius 1 is 1.53 bits per heavy atom. The van der Waals surface area contributed by atoms with Gasteiger partial charge in [-0.05, 0) is 27.6 Å². The molecule has 0 fully saturated rings. The van der Waals surface area contributed by atoms with Crippen molar-refractivity contribution in [3.8, 4) is 0 Å². The standard InChI is InChI=1S/C11H13BrN4O3/c1-14(6-9-3-4-10(12)13-5-9)11(7-16(18)19)15(2)8-17/h3-5,7-8H,6H2,1-2H3. The maximum atomic E-state index is 10.7. The van der Waals surface area contributed by atoms with E-state index >= 15 is 0 Å². The Morgan fingerprint density at radius 3 is 2.68 bits per heavy atom. The zero-order valence-corrected chi connectivity index (χ0v) is 12.1. The predicted molar refractivity (Wildman–Crippen MR) is 72.3 cm³/mol. The first-order chi connectivity index (χ1) is 8.93. The van der Waals surface area contributed by atoms with Crippen molar-refractivity contribution in [3.05, 3.63) is 50.6 Å². The number of aromatic nitrogens is 1. The summed E-state index contributed by atoms with van der Waals surface area (Å²) in [5.74, 6) is 0.197. The number of amides is 1. The van der Waals surface area contributed by atoms with Gasteiger partial charge in [0.05, 0.1) is 4.92 Å². The van der Waals surface area contributed by atoms with E-state index in [1.807, 2.05) is 6.07 Å². The van der Waals surface area contributed by atoms with E-state index in [0.717, 1.165) is 16.7 Å². The lowest BCUT2D eigenvalue weighted by atomic mass is 10.3. The average Bonchev–Trinajstić information content (AvgIpc) is 2.37. The van der Waals surface area contributed by atoms with Crippen molar-refractivity contribution in [2.75, 3.05) is 14.1 Å². The van der Waals surface area contributed by atoms with E-state index in [1.165, 1.54) is 7.05 Å². The number of nitrogens with zero attached hydrogens (tertiary/aromatic N) is 4. The molecule has 0 N–H and O–H groups in total. The van der Waals surface area contributed by atoms with Crippen molar-refractivity contribution >= 4 is 22.3 Å². The Labute approximate surface area is 118 Å². The van der Waals surface area contributed by atoms with Crippen LogP contribution in [0.15, 0.2) is 35.0 Å². The van der Waals surface area contributed by atoms with E-state index in [-0.39, 0.29) is 5.82 Å². The maximum Gasteiger partial charge on any atom is 0.274 e. The van der Waals surface area contributed by atoms with Crippen LogP contribution in [0.25, 0.3) is 0 Å². The zero-order chi connectivity index (χ0) is 14.4. The van der Waals surface area contributed by atoms with Gasteiger partial charge in [0.2, 0.25) is 6.41 Å². The fraction of sp³-hybridized carbons (Fsp3) is 0.273. The number of hydrogen-bond acceptors (Lipinski definition) is 5. The second-order valence-electron chi connectivity index (χ2n) is 3.83. The van der Waals surface area contributed by atoms with Gasteiger partial charge in [-0.15, -0.1) is 0 Å². The number of rotatable bonds is 6. The molecule has 19 heavy (non-hydrogen) atoms. The molecule has 0 atom stereocenters. The summed E-state index contributed by atoms with van der Waals surface area (Å²) < 4.78 is 0.713. The van der Waals surface area contributed by atoms with Gasteiger partial charge in [-0.3, -0.25) is 19.8 Å². The molecule has 0 saturated carbocycles. The summed E-state index contributed by atoms with van der Waals surface area (Å²) in [5.41, 5.74) is 0.874. The summed E-state index contributed by atoms with van der Waals surface area (Å²) in [5, 5.41) is 10.6. The van der Waals surface area contributed by atoms with Crippen molar-refractivity contribution in [1.82, 2.24) is 14.8 Å². The lowest BCUT2D eigenvalue weighted by Crippen LogP contribution is -2.30. The van der Waals surface area contributed by atoms with Crippen LogP contribution in [0.5, 0.6) is 0 Å². The molecule has 1 aromatic heterocycles. The summed E-state index contributed by atoms with van der Waals surface area (Å²) in [6.45, 7) is 0.401. The summed E-state index contributed by atoms with van der Waals surface area (Å²) >= 11 is 3.23. The average molecular weight is 329 g/mol. The summed E-state index contributed by atoms with van der Waals surface area (Å²) in [7, 11) is 3.12. The quantitative estimate of drug-likeness (QED) is 0.341. The van der Waals surface area contributed by atoms with Crippen molar-refractivity contribution in [2.24, 2.45) is 0 Å². The molecule has 1 amide bonds. The lowest BCUT2D eigenvalue weighted by molar-refractivity contribution is -0.405. The molecule has 8 heteroatoms. The molecule has 1 rings (SSSR count). The SMILES string of the molecule is CN(C=O)C(=C[N+](=O)[O-])N(C)Cc1ccc(Br)nc1. The number of halogens is 1.